The van der Waals surface area contributed by atoms with Gasteiger partial charge in [0, 0.05) is 13.8 Å². The van der Waals surface area contributed by atoms with Crippen LogP contribution in [0.1, 0.15) is 266 Å². The Hall–Kier alpha value is -9.58. The van der Waals surface area contributed by atoms with Gasteiger partial charge in [0.2, 0.25) is 0 Å². The summed E-state index contributed by atoms with van der Waals surface area (Å²) in [7, 11) is -2.57. The lowest BCUT2D eigenvalue weighted by Crippen LogP contribution is -2.44. The van der Waals surface area contributed by atoms with Gasteiger partial charge in [0.25, 0.3) is 8.68 Å². The number of thioether (sulfide) groups is 1. The molecule has 12 rings (SSSR count). The molecule has 7 heteroatoms. The molecular formula is C127H162Br2O2SSi2. The molecule has 12 aromatic carbocycles. The van der Waals surface area contributed by atoms with Crippen molar-refractivity contribution in [2.45, 2.75) is 244 Å². The number of hydrogen-bond acceptors (Lipinski definition) is 3. The van der Waals surface area contributed by atoms with E-state index in [0.29, 0.717) is 35.1 Å². The zero-order valence-corrected chi connectivity index (χ0v) is 92.1. The van der Waals surface area contributed by atoms with Gasteiger partial charge in [0.05, 0.1) is 8.07 Å². The minimum Gasteiger partial charge on any atom is -0.457 e. The van der Waals surface area contributed by atoms with E-state index in [1.807, 2.05) is 48.5 Å². The molecule has 0 aromatic heterocycles. The molecule has 0 aliphatic rings. The van der Waals surface area contributed by atoms with Crippen molar-refractivity contribution >= 4 is 136 Å². The standard InChI is InChI=1S/C30H36Si.C20H20.C19H30.C18H20O.C13H18S.C13H18.C12H14Br2.C2H6OSi/c1-25(29-17-7-5-8-18-29)13-11-15-27-21-23-28(24-22-27)16-12-14-26(2)31(3,4)30-19-9-6-10-20-30;1-15(2)8-7-10-17-14-16-9-3-4-11-18(16)20-13-6-5-12-19(17)20;1-13(2)9-8-10-18-16(7)11-17(14(3)4)12-19(18)15(5)6;1-15(2)7-6-8-16-11-13-18(14-12-16)19-17-9-4-3-5-10-17;1-11(2)5-4-6-12-7-9-13(14-3)10-8-12;1-11(2)5-4-6-13-9-7-12(3)8-10-13;1-9(2)4-3-5-10-6-11(13)8-12(14)7-10;1-4(2)3/h5-12,15-26H,13-14H2,1-4H3;3-7,9-15H,8H2,1-2H3;8,10-15H,9H2,1-7H3;3-6,8-15H,7H2,1-2H3;4,6-11H,5H2,1-3H3;4,6-11H,5H2,1-3H3;3,5-9H,4H2,1-2H3;1-2H3/b15-11-,16-12-;10-7-;10-8-;8-6-;2*6-4-;5-3-;. The minimum atomic E-state index is -1.44. The number of allylic oxidation sites excluding steroid dienone is 8. The molecule has 134 heavy (non-hydrogen) atoms. The van der Waals surface area contributed by atoms with Gasteiger partial charge in [-0.05, 0) is 292 Å². The Morgan fingerprint density at radius 1 is 0.343 bits per heavy atom. The Labute approximate surface area is 838 Å². The highest BCUT2D eigenvalue weighted by molar-refractivity contribution is 9.11. The first-order valence-electron chi connectivity index (χ1n) is 49.0. The number of fused-ring (bicyclic) bond motifs is 3. The lowest BCUT2D eigenvalue weighted by molar-refractivity contribution is 0.482. The van der Waals surface area contributed by atoms with Gasteiger partial charge in [-0.1, -0.05) is 490 Å². The molecule has 0 amide bonds. The fraction of sp³-hybridized carbons (Fsp3) is 0.339. The summed E-state index contributed by atoms with van der Waals surface area (Å²) in [6.07, 6.45) is 47.2. The predicted molar refractivity (Wildman–Crippen MR) is 616 cm³/mol. The van der Waals surface area contributed by atoms with Crippen molar-refractivity contribution in [1.29, 1.82) is 0 Å². The van der Waals surface area contributed by atoms with E-state index < -0.39 is 16.8 Å². The maximum atomic E-state index is 9.63. The molecule has 0 aliphatic heterocycles. The molecule has 0 saturated heterocycles. The van der Waals surface area contributed by atoms with Crippen molar-refractivity contribution in [2.75, 3.05) is 6.26 Å². The van der Waals surface area contributed by atoms with Crippen molar-refractivity contribution in [1.82, 2.24) is 0 Å². The molecule has 0 spiro atoms. The number of hydrogen-bond donors (Lipinski definition) is 0. The van der Waals surface area contributed by atoms with E-state index in [1.165, 1.54) is 98.8 Å². The zero-order chi connectivity index (χ0) is 98.3. The van der Waals surface area contributed by atoms with E-state index in [4.69, 9.17) is 4.74 Å². The summed E-state index contributed by atoms with van der Waals surface area (Å²) in [6, 6.07) is 96.6. The summed E-state index contributed by atoms with van der Waals surface area (Å²) in [5.41, 5.74) is 18.1. The molecule has 710 valence electrons. The van der Waals surface area contributed by atoms with Crippen LogP contribution in [0.15, 0.2) is 335 Å². The highest BCUT2D eigenvalue weighted by atomic mass is 79.9. The van der Waals surface area contributed by atoms with E-state index in [9.17, 15) is 4.46 Å². The quantitative estimate of drug-likeness (QED) is 0.0239. The van der Waals surface area contributed by atoms with Crippen LogP contribution in [-0.2, 0) is 4.46 Å². The largest absolute Gasteiger partial charge is 0.457 e. The third kappa shape index (κ3) is 47.8. The third-order valence-electron chi connectivity index (χ3n) is 22.6. The van der Waals surface area contributed by atoms with Crippen LogP contribution in [0.2, 0.25) is 31.7 Å². The number of para-hydroxylation sites is 1. The fourth-order valence-electron chi connectivity index (χ4n) is 14.2. The average molecular weight is 1970 g/mol. The average Bonchev–Trinajstić information content (AvgIpc) is 0.764. The van der Waals surface area contributed by atoms with Crippen LogP contribution in [-0.4, -0.2) is 23.0 Å². The number of halogens is 2. The van der Waals surface area contributed by atoms with Crippen LogP contribution < -0.4 is 9.92 Å². The molecule has 2 nitrogen and oxygen atoms in total. The van der Waals surface area contributed by atoms with Gasteiger partial charge in [-0.15, -0.1) is 11.8 Å². The Balaban J connectivity index is 0.000000280. The second kappa shape index (κ2) is 64.4. The van der Waals surface area contributed by atoms with E-state index in [0.717, 1.165) is 95.5 Å². The monoisotopic (exact) mass is 1970 g/mol. The SMILES string of the molecule is CC(C)C/C=C\c1cc(Br)cc(Br)c1.CC(C)C/C=C\c1cc2ccccc2c2ccccc12.CC(C)C/C=C\c1ccc(Oc2ccccc2)cc1.CC(C/C=C\c1ccc(/C=C\CC(C)[Si](C)(C)c2ccccc2)cc1)c1ccccc1.CSc1ccc(/C=C\CC(C)C)cc1.C[Si](C)=O.Cc1cc(C(C)C)cc(C(C)C)c1/C=C\CC(C)C.Cc1ccc(/C=C\CC(C)C)cc1. The van der Waals surface area contributed by atoms with Crippen LogP contribution in [0.4, 0.5) is 0 Å². The summed E-state index contributed by atoms with van der Waals surface area (Å²) in [6.45, 7) is 53.5. The van der Waals surface area contributed by atoms with Crippen LogP contribution in [0, 0.1) is 49.4 Å². The Morgan fingerprint density at radius 2 is 0.701 bits per heavy atom. The van der Waals surface area contributed by atoms with Crippen LogP contribution in [0.5, 0.6) is 11.5 Å². The minimum absolute atomic E-state index is 0.547. The normalized spacial score (nSPS) is 12.1. The van der Waals surface area contributed by atoms with Gasteiger partial charge in [-0.2, -0.15) is 0 Å². The summed E-state index contributed by atoms with van der Waals surface area (Å²) >= 11 is 8.72. The van der Waals surface area contributed by atoms with Gasteiger partial charge < -0.3 is 9.20 Å². The van der Waals surface area contributed by atoms with Gasteiger partial charge in [-0.25, -0.2) is 0 Å². The summed E-state index contributed by atoms with van der Waals surface area (Å²) < 4.78 is 17.6. The van der Waals surface area contributed by atoms with E-state index in [1.54, 1.807) is 30.0 Å². The predicted octanol–water partition coefficient (Wildman–Crippen LogP) is 40.7. The number of rotatable bonds is 32. The molecule has 0 bridgehead atoms. The third-order valence-corrected chi connectivity index (χ3v) is 28.8. The van der Waals surface area contributed by atoms with E-state index in [2.05, 4.69) is 511 Å². The molecule has 2 atom stereocenters. The number of benzene rings is 12. The smallest absolute Gasteiger partial charge is 0.270 e. The molecular weight excluding hydrogens is 1810 g/mol. The van der Waals surface area contributed by atoms with Crippen LogP contribution in [0.25, 0.3) is 70.2 Å². The molecule has 0 aliphatic carbocycles. The molecule has 0 saturated carbocycles. The second-order valence-electron chi connectivity index (χ2n) is 39.1. The molecule has 0 N–H and O–H groups in total. The van der Waals surface area contributed by atoms with Crippen molar-refractivity contribution in [2.24, 2.45) is 35.5 Å². The Morgan fingerprint density at radius 3 is 1.14 bits per heavy atom. The molecule has 0 radical (unpaired) electrons. The van der Waals surface area contributed by atoms with Crippen molar-refractivity contribution in [3.63, 3.8) is 0 Å². The topological polar surface area (TPSA) is 26.3 Å². The first kappa shape index (κ1) is 115. The van der Waals surface area contributed by atoms with Crippen molar-refractivity contribution in [3.8, 4) is 11.5 Å². The lowest BCUT2D eigenvalue weighted by Gasteiger charge is -2.29. The first-order valence-corrected chi connectivity index (χ1v) is 57.3. The molecule has 0 heterocycles. The van der Waals surface area contributed by atoms with Crippen LogP contribution in [0.3, 0.4) is 0 Å². The zero-order valence-electron chi connectivity index (χ0n) is 86.1. The molecule has 2 unspecified atom stereocenters. The number of aryl methyl sites for hydroxylation is 2. The van der Waals surface area contributed by atoms with E-state index >= 15 is 0 Å². The Bertz CT molecular complexity index is 5510. The second-order valence-corrected chi connectivity index (χ2v) is 48.6. The highest BCUT2D eigenvalue weighted by Crippen LogP contribution is 2.34. The maximum absolute atomic E-state index is 9.63. The van der Waals surface area contributed by atoms with Crippen molar-refractivity contribution in [3.05, 3.63) is 403 Å². The molecule has 0 fully saturated rings. The summed E-state index contributed by atoms with van der Waals surface area (Å²) in [4.78, 5) is 1.33. The van der Waals surface area contributed by atoms with Gasteiger partial charge >= 0.3 is 0 Å². The highest BCUT2D eigenvalue weighted by Gasteiger charge is 2.29. The first-order chi connectivity index (χ1) is 64.0. The summed E-state index contributed by atoms with van der Waals surface area (Å²) in [5.74, 6) is 7.83. The fourth-order valence-corrected chi connectivity index (χ4v) is 18.3. The van der Waals surface area contributed by atoms with Gasteiger partial charge in [-0.3, -0.25) is 0 Å². The Kier molecular flexibility index (Phi) is 55.3. The maximum Gasteiger partial charge on any atom is 0.270 e. The van der Waals surface area contributed by atoms with Crippen molar-refractivity contribution < 1.29 is 9.20 Å². The number of ether oxygens (including phenoxy) is 1. The van der Waals surface area contributed by atoms with Crippen LogP contribution >= 0.6 is 43.6 Å². The molecule has 12 aromatic rings. The summed E-state index contributed by atoms with van der Waals surface area (Å²) in [5, 5.41) is 6.88. The van der Waals surface area contributed by atoms with E-state index in [-0.39, 0.29) is 0 Å². The van der Waals surface area contributed by atoms with Gasteiger partial charge in [0.15, 0.2) is 0 Å². The van der Waals surface area contributed by atoms with Gasteiger partial charge in [0.1, 0.15) is 11.5 Å². The lowest BCUT2D eigenvalue weighted by atomic mass is 9.88.